The number of rotatable bonds is 22. The monoisotopic (exact) mass is 1890 g/mol. The Morgan fingerprint density at radius 3 is 1.91 bits per heavy atom. The zero-order valence-electron chi connectivity index (χ0n) is 73.2. The maximum Gasteiger partial charge on any atom is 0.246 e. The van der Waals surface area contributed by atoms with E-state index in [4.69, 9.17) is 84.2 Å². The molecular formula is C93H110Cl3N8O26S+. The van der Waals surface area contributed by atoms with Crippen LogP contribution < -0.4 is 52.3 Å². The Kier molecular flexibility index (Phi) is 31.0. The Morgan fingerprint density at radius 2 is 1.30 bits per heavy atom. The fraction of sp³-hybridized carbons (Fsp3) is 0.462. The number of aliphatic hydroxyl groups excluding tert-OH is 7. The number of nitrogens with zero attached hydrogens (tertiary/aromatic N) is 1. The van der Waals surface area contributed by atoms with Crippen LogP contribution in [-0.2, 0) is 68.6 Å². The third kappa shape index (κ3) is 22.7. The zero-order valence-corrected chi connectivity index (χ0v) is 76.3. The van der Waals surface area contributed by atoms with Crippen LogP contribution in [0.2, 0.25) is 15.1 Å². The first-order valence-electron chi connectivity index (χ1n) is 42.9. The highest BCUT2D eigenvalue weighted by molar-refractivity contribution is 8.13. The van der Waals surface area contributed by atoms with Crippen LogP contribution in [0.5, 0.6) is 46.0 Å². The van der Waals surface area contributed by atoms with Gasteiger partial charge in [-0.3, -0.25) is 38.4 Å². The van der Waals surface area contributed by atoms with Gasteiger partial charge in [-0.25, -0.2) is 0 Å². The SMILES string of the molecule is CCC(CC(C)O)C(=O)NC1C(=O)CC(CC(N)=O)C(=O)NC2C(=O)CC3C(=O)NC(C(=O)NC(C(=O)SCC[N+](C)(C)C)c4cc(O)cc(O)c4-c4cc3ccc4O)C(OC3CC(C)(N)C(O)C(C)O3)c3ccc(c(Cl)c3)Oc3cc2cc(c3OC2OC(CO)C(O)C(O)C2OC2CC(C)(NCc3ccc(-c4ccc(Cl)cc4)cc3)C(O)C(C)O2)Oc2ccc(cc2Cl)C1O. The second-order valence-corrected chi connectivity index (χ2v) is 38.2. The Morgan fingerprint density at radius 1 is 0.679 bits per heavy atom. The number of Topliss-reactive ketones (excluding diaryl/α,β-unsaturated/α-hetero) is 2. The maximum atomic E-state index is 16.9. The van der Waals surface area contributed by atoms with E-state index < -0.39 is 246 Å². The summed E-state index contributed by atoms with van der Waals surface area (Å²) in [5, 5.41) is 131. The van der Waals surface area contributed by atoms with E-state index >= 15 is 28.8 Å². The standard InChI is InChI=1S/C93H109Cl3N8O26S/c1-10-46(27-42(2)106)86(118)102-76-63(110)31-53(34-70(97)112)87(119)100-74-52-32-67(125-65-23-18-50(78(76)113)29-59(65)95)82(130-91-83(80(115)79(114)69(41-105)127-91)129-72-39-93(6,85(117)44(4)124-72)99-40-45-11-13-47(14-12-45)48-15-20-54(94)21-16-48)68(33-52)126-66-24-19-51(30-60(66)96)81(128-71-38-92(5,98)84(116)43(3)123-71)77-89(121)101-75(90(122)131-26-25-104(7,8)9)58-35-55(107)36-62(109)73(58)57-28-49(17-22-61(57)108)56(37-64(74)111)88(120)103-77/h11-24,28-30,32-33,35-36,42-44,46,53,56,69,71-72,74-81,83-85,91,99,105-106,113-117H,10,25-27,31,34,37-41,98H2,1-9H3,(H8-,97,100,101,102,103,107,108,109,112,118,119,120,121)/p+1. The summed E-state index contributed by atoms with van der Waals surface area (Å²) in [5.41, 5.74) is 10.9. The summed E-state index contributed by atoms with van der Waals surface area (Å²) in [6, 6.07) is 22.0. The van der Waals surface area contributed by atoms with Crippen LogP contribution >= 0.6 is 46.6 Å². The highest BCUT2D eigenvalue weighted by Gasteiger charge is 2.53. The van der Waals surface area contributed by atoms with Gasteiger partial charge in [-0.05, 0) is 159 Å². The molecule has 0 saturated carbocycles. The Balaban J connectivity index is 1.02. The van der Waals surface area contributed by atoms with Gasteiger partial charge in [-0.15, -0.1) is 0 Å². The number of nitrogens with two attached hydrogens (primary N) is 2. The smallest absolute Gasteiger partial charge is 0.246 e. The molecule has 3 saturated heterocycles. The maximum absolute atomic E-state index is 16.9. The largest absolute Gasteiger partial charge is 0.508 e. The molecule has 0 spiro atoms. The molecule has 7 aromatic rings. The predicted molar refractivity (Wildman–Crippen MR) is 478 cm³/mol. The Hall–Kier alpha value is -9.68. The summed E-state index contributed by atoms with van der Waals surface area (Å²) < 4.78 is 53.9. The number of quaternary nitrogens is 1. The van der Waals surface area contributed by atoms with Crippen LogP contribution in [0, 0.1) is 11.8 Å². The van der Waals surface area contributed by atoms with Gasteiger partial charge in [-0.2, -0.15) is 0 Å². The minimum atomic E-state index is -2.24. The number of hydrogen-bond donors (Lipinski definition) is 17. The number of hydrogen-bond acceptors (Lipinski definition) is 29. The van der Waals surface area contributed by atoms with Crippen LogP contribution in [0.4, 0.5) is 0 Å². The topological polar surface area (TPSA) is 525 Å². The number of fused-ring (bicyclic) bond motifs is 15. The van der Waals surface area contributed by atoms with Crippen LogP contribution in [0.15, 0.2) is 127 Å². The molecule has 8 aliphatic rings. The number of carbonyl (C=O) groups excluding carboxylic acids is 8. The number of nitrogens with one attached hydrogen (secondary N) is 5. The van der Waals surface area contributed by atoms with Gasteiger partial charge in [0.05, 0.1) is 92.4 Å². The highest BCUT2D eigenvalue weighted by atomic mass is 35.5. The van der Waals surface area contributed by atoms with Crippen LogP contribution in [0.1, 0.15) is 150 Å². The van der Waals surface area contributed by atoms with Crippen molar-refractivity contribution in [2.75, 3.05) is 40.0 Å². The molecule has 0 aliphatic carbocycles. The first-order valence-corrected chi connectivity index (χ1v) is 45.1. The van der Waals surface area contributed by atoms with Crippen molar-refractivity contribution in [3.63, 3.8) is 0 Å². The van der Waals surface area contributed by atoms with Crippen molar-refractivity contribution < 1.29 is 132 Å². The second-order valence-electron chi connectivity index (χ2n) is 35.9. The molecular weight excluding hydrogens is 1780 g/mol. The lowest BCUT2D eigenvalue weighted by atomic mass is 9.84. The summed E-state index contributed by atoms with van der Waals surface area (Å²) in [6.07, 6.45) is -25.8. The number of primary amides is 1. The van der Waals surface area contributed by atoms with Gasteiger partial charge in [0.1, 0.15) is 83.4 Å². The minimum absolute atomic E-state index is 0.0776. The van der Waals surface area contributed by atoms with Gasteiger partial charge in [0.25, 0.3) is 0 Å². The van der Waals surface area contributed by atoms with E-state index in [0.29, 0.717) is 16.1 Å². The van der Waals surface area contributed by atoms with E-state index in [1.807, 2.05) is 57.5 Å². The molecule has 131 heavy (non-hydrogen) atoms. The fourth-order valence-electron chi connectivity index (χ4n) is 17.2. The van der Waals surface area contributed by atoms with E-state index in [1.54, 1.807) is 32.9 Å². The number of aliphatic hydroxyl groups is 7. The van der Waals surface area contributed by atoms with Gasteiger partial charge in [-0.1, -0.05) is 108 Å². The van der Waals surface area contributed by atoms with E-state index in [-0.39, 0.29) is 98.5 Å². The number of ketones is 2. The number of phenolic OH excluding ortho intramolecular Hbond substituents is 3. The summed E-state index contributed by atoms with van der Waals surface area (Å²) in [5.74, 6) is -17.2. The lowest BCUT2D eigenvalue weighted by Crippen LogP contribution is -2.65. The molecule has 15 rings (SSSR count). The summed E-state index contributed by atoms with van der Waals surface area (Å²) in [4.78, 5) is 124. The minimum Gasteiger partial charge on any atom is -0.508 e. The molecule has 7 aromatic carbocycles. The van der Waals surface area contributed by atoms with Gasteiger partial charge >= 0.3 is 0 Å². The van der Waals surface area contributed by atoms with Crippen molar-refractivity contribution in [2.45, 2.75) is 220 Å². The normalized spacial score (nSPS) is 29.4. The molecule has 0 radical (unpaired) electrons. The highest BCUT2D eigenvalue weighted by Crippen LogP contribution is 2.52. The number of amides is 5. The molecule has 38 heteroatoms. The van der Waals surface area contributed by atoms with E-state index in [2.05, 4.69) is 26.6 Å². The second kappa shape index (κ2) is 41.0. The Bertz CT molecular complexity index is 5420. The van der Waals surface area contributed by atoms with Crippen molar-refractivity contribution in [3.8, 4) is 68.2 Å². The quantitative estimate of drug-likeness (QED) is 0.0292. The molecule has 8 aliphatic heterocycles. The Labute approximate surface area is 774 Å². The van der Waals surface area contributed by atoms with Crippen molar-refractivity contribution in [3.05, 3.63) is 176 Å². The number of ether oxygens (including phenoxy) is 8. The molecule has 19 N–H and O–H groups in total. The average Bonchev–Trinajstić information content (AvgIpc) is 0.762. The predicted octanol–water partition coefficient (Wildman–Crippen LogP) is 7.52. The van der Waals surface area contributed by atoms with Crippen LogP contribution in [-0.4, -0.2) is 239 Å². The number of phenols is 3. The van der Waals surface area contributed by atoms with Crippen molar-refractivity contribution in [1.82, 2.24) is 26.6 Å². The van der Waals surface area contributed by atoms with E-state index in [0.717, 1.165) is 58.8 Å². The molecule has 704 valence electrons. The van der Waals surface area contributed by atoms with Crippen LogP contribution in [0.3, 0.4) is 0 Å². The number of thioether (sulfide) groups is 1. The van der Waals surface area contributed by atoms with Gasteiger partial charge in [0.2, 0.25) is 46.7 Å². The van der Waals surface area contributed by atoms with Crippen molar-refractivity contribution in [1.29, 1.82) is 0 Å². The molecule has 34 nitrogen and oxygen atoms in total. The van der Waals surface area contributed by atoms with Crippen LogP contribution in [0.25, 0.3) is 22.3 Å². The number of benzene rings is 7. The lowest BCUT2D eigenvalue weighted by Gasteiger charge is -2.48. The first kappa shape index (κ1) is 98.8. The van der Waals surface area contributed by atoms with Gasteiger partial charge in [0.15, 0.2) is 41.7 Å². The summed E-state index contributed by atoms with van der Waals surface area (Å²) in [7, 11) is 5.63. The first-order chi connectivity index (χ1) is 61.9. The molecule has 11 bridgehead atoms. The fourth-order valence-corrected chi connectivity index (χ4v) is 19.0. The average molecular weight is 1890 g/mol. The number of aromatic hydroxyl groups is 3. The van der Waals surface area contributed by atoms with E-state index in [9.17, 15) is 60.7 Å². The molecule has 8 heterocycles. The molecule has 3 fully saturated rings. The van der Waals surface area contributed by atoms with E-state index in [1.165, 1.54) is 69.3 Å². The zero-order chi connectivity index (χ0) is 94.9. The molecule has 5 amide bonds. The molecule has 0 aromatic heterocycles. The lowest BCUT2D eigenvalue weighted by molar-refractivity contribution is -0.867. The van der Waals surface area contributed by atoms with Crippen molar-refractivity contribution >= 4 is 92.8 Å². The summed E-state index contributed by atoms with van der Waals surface area (Å²) in [6.45, 7) is 9.03. The third-order valence-electron chi connectivity index (χ3n) is 24.6. The van der Waals surface area contributed by atoms with Crippen molar-refractivity contribution in [2.24, 2.45) is 23.3 Å². The third-order valence-corrected chi connectivity index (χ3v) is 26.4. The summed E-state index contributed by atoms with van der Waals surface area (Å²) >= 11 is 21.8. The molecule has 23 unspecified atom stereocenters. The number of carbonyl (C=O) groups is 8. The number of halogens is 3. The van der Waals surface area contributed by atoms with Gasteiger partial charge < -0.3 is 131 Å². The molecule has 23 atom stereocenters. The van der Waals surface area contributed by atoms with Gasteiger partial charge in [0, 0.05) is 77.9 Å².